The molecule has 21 heavy (non-hydrogen) atoms. The van der Waals surface area contributed by atoms with Gasteiger partial charge in [-0.1, -0.05) is 12.1 Å². The van der Waals surface area contributed by atoms with Gasteiger partial charge in [0, 0.05) is 36.5 Å². The zero-order chi connectivity index (χ0) is 14.7. The molecule has 1 atom stereocenters. The van der Waals surface area contributed by atoms with Gasteiger partial charge in [-0.3, -0.25) is 10.00 Å². The molecule has 1 N–H and O–H groups in total. The van der Waals surface area contributed by atoms with Crippen LogP contribution in [0.4, 0.5) is 0 Å². The van der Waals surface area contributed by atoms with Gasteiger partial charge in [-0.15, -0.1) is 0 Å². The van der Waals surface area contributed by atoms with E-state index in [0.717, 1.165) is 37.6 Å². The summed E-state index contributed by atoms with van der Waals surface area (Å²) in [5.74, 6) is 2.17. The van der Waals surface area contributed by atoms with E-state index in [-0.39, 0.29) is 0 Å². The van der Waals surface area contributed by atoms with Gasteiger partial charge in [-0.2, -0.15) is 5.10 Å². The molecule has 0 spiro atoms. The fourth-order valence-corrected chi connectivity index (χ4v) is 3.04. The molecule has 1 saturated heterocycles. The molecule has 1 aromatic heterocycles. The van der Waals surface area contributed by atoms with Gasteiger partial charge >= 0.3 is 0 Å². The van der Waals surface area contributed by atoms with Crippen LogP contribution in [0.3, 0.4) is 0 Å². The lowest BCUT2D eigenvalue weighted by Gasteiger charge is -2.19. The average molecular weight is 287 g/mol. The van der Waals surface area contributed by atoms with E-state index in [0.29, 0.717) is 5.92 Å². The van der Waals surface area contributed by atoms with Crippen LogP contribution in [-0.2, 0) is 6.54 Å². The topological polar surface area (TPSA) is 50.4 Å². The third-order valence-corrected chi connectivity index (χ3v) is 4.11. The van der Waals surface area contributed by atoms with Crippen molar-refractivity contribution in [3.8, 4) is 11.5 Å². The minimum absolute atomic E-state index is 0.545. The second-order valence-electron chi connectivity index (χ2n) is 5.39. The van der Waals surface area contributed by atoms with Gasteiger partial charge in [-0.25, -0.2) is 0 Å². The Morgan fingerprint density at radius 2 is 2.19 bits per heavy atom. The number of para-hydroxylation sites is 1. The third-order valence-electron chi connectivity index (χ3n) is 4.11. The standard InChI is InChI=1S/C16H21N3O2/c1-20-15-5-3-4-13(16(15)21-2)11-19-9-7-12(10-19)14-6-8-17-18-14/h3-6,8,12H,7,9-11H2,1-2H3,(H,17,18). The molecular formula is C16H21N3O2. The van der Waals surface area contributed by atoms with Crippen molar-refractivity contribution in [2.24, 2.45) is 0 Å². The van der Waals surface area contributed by atoms with E-state index >= 15 is 0 Å². The molecule has 1 aliphatic rings. The molecule has 1 aliphatic heterocycles. The van der Waals surface area contributed by atoms with Crippen molar-refractivity contribution in [2.45, 2.75) is 18.9 Å². The Morgan fingerprint density at radius 1 is 1.29 bits per heavy atom. The number of nitrogens with zero attached hydrogens (tertiary/aromatic N) is 2. The normalized spacial score (nSPS) is 18.9. The Labute approximate surface area is 124 Å². The zero-order valence-electron chi connectivity index (χ0n) is 12.5. The molecule has 0 amide bonds. The summed E-state index contributed by atoms with van der Waals surface area (Å²) < 4.78 is 10.9. The van der Waals surface area contributed by atoms with Gasteiger partial charge in [0.05, 0.1) is 14.2 Å². The molecular weight excluding hydrogens is 266 g/mol. The van der Waals surface area contributed by atoms with Crippen LogP contribution < -0.4 is 9.47 Å². The van der Waals surface area contributed by atoms with E-state index in [4.69, 9.17) is 9.47 Å². The Kier molecular flexibility index (Phi) is 4.10. The van der Waals surface area contributed by atoms with E-state index in [2.05, 4.69) is 27.2 Å². The molecule has 0 bridgehead atoms. The van der Waals surface area contributed by atoms with Gasteiger partial charge in [-0.05, 0) is 25.1 Å². The third kappa shape index (κ3) is 2.88. The SMILES string of the molecule is COc1cccc(CN2CCC(c3ccn[nH]3)C2)c1OC. The van der Waals surface area contributed by atoms with Crippen LogP contribution in [0.1, 0.15) is 23.6 Å². The Balaban J connectivity index is 1.70. The van der Waals surface area contributed by atoms with Crippen molar-refractivity contribution in [3.05, 3.63) is 41.7 Å². The van der Waals surface area contributed by atoms with Crippen LogP contribution in [0.5, 0.6) is 11.5 Å². The maximum Gasteiger partial charge on any atom is 0.165 e. The van der Waals surface area contributed by atoms with Crippen LogP contribution in [0.25, 0.3) is 0 Å². The van der Waals surface area contributed by atoms with Crippen molar-refractivity contribution in [3.63, 3.8) is 0 Å². The van der Waals surface area contributed by atoms with Gasteiger partial charge in [0.25, 0.3) is 0 Å². The van der Waals surface area contributed by atoms with Crippen molar-refractivity contribution in [1.82, 2.24) is 15.1 Å². The first-order chi connectivity index (χ1) is 10.3. The summed E-state index contributed by atoms with van der Waals surface area (Å²) in [4.78, 5) is 2.45. The maximum atomic E-state index is 5.51. The molecule has 2 heterocycles. The fraction of sp³-hybridized carbons (Fsp3) is 0.438. The highest BCUT2D eigenvalue weighted by Gasteiger charge is 2.25. The number of ether oxygens (including phenoxy) is 2. The van der Waals surface area contributed by atoms with Gasteiger partial charge in [0.2, 0.25) is 0 Å². The lowest BCUT2D eigenvalue weighted by molar-refractivity contribution is 0.308. The number of H-pyrrole nitrogens is 1. The summed E-state index contributed by atoms with van der Waals surface area (Å²) in [6.07, 6.45) is 2.98. The highest BCUT2D eigenvalue weighted by molar-refractivity contribution is 5.46. The molecule has 1 fully saturated rings. The van der Waals surface area contributed by atoms with Crippen molar-refractivity contribution >= 4 is 0 Å². The quantitative estimate of drug-likeness (QED) is 0.917. The Bertz CT molecular complexity index is 583. The molecule has 0 aliphatic carbocycles. The van der Waals surface area contributed by atoms with E-state index in [9.17, 15) is 0 Å². The summed E-state index contributed by atoms with van der Waals surface area (Å²) in [5, 5.41) is 7.13. The van der Waals surface area contributed by atoms with Gasteiger partial charge in [0.1, 0.15) is 0 Å². The monoisotopic (exact) mass is 287 g/mol. The molecule has 1 aromatic carbocycles. The largest absolute Gasteiger partial charge is 0.493 e. The first-order valence-electron chi connectivity index (χ1n) is 7.23. The minimum atomic E-state index is 0.545. The first kappa shape index (κ1) is 13.9. The fourth-order valence-electron chi connectivity index (χ4n) is 3.04. The summed E-state index contributed by atoms with van der Waals surface area (Å²) >= 11 is 0. The molecule has 3 rings (SSSR count). The summed E-state index contributed by atoms with van der Waals surface area (Å²) in [7, 11) is 3.37. The number of hydrogen-bond donors (Lipinski definition) is 1. The summed E-state index contributed by atoms with van der Waals surface area (Å²) in [5.41, 5.74) is 2.40. The Hall–Kier alpha value is -2.01. The maximum absolute atomic E-state index is 5.51. The molecule has 112 valence electrons. The van der Waals surface area contributed by atoms with Crippen LogP contribution in [0.2, 0.25) is 0 Å². The van der Waals surface area contributed by atoms with E-state index in [1.54, 1.807) is 14.2 Å². The number of aromatic nitrogens is 2. The summed E-state index contributed by atoms with van der Waals surface area (Å²) in [6, 6.07) is 8.12. The highest BCUT2D eigenvalue weighted by atomic mass is 16.5. The van der Waals surface area contributed by atoms with Crippen molar-refractivity contribution < 1.29 is 9.47 Å². The number of benzene rings is 1. The lowest BCUT2D eigenvalue weighted by Crippen LogP contribution is -2.20. The number of rotatable bonds is 5. The van der Waals surface area contributed by atoms with Crippen molar-refractivity contribution in [2.75, 3.05) is 27.3 Å². The highest BCUT2D eigenvalue weighted by Crippen LogP contribution is 2.33. The van der Waals surface area contributed by atoms with E-state index in [1.165, 1.54) is 11.3 Å². The van der Waals surface area contributed by atoms with E-state index < -0.39 is 0 Å². The van der Waals surface area contributed by atoms with Gasteiger partial charge in [0.15, 0.2) is 11.5 Å². The zero-order valence-corrected chi connectivity index (χ0v) is 12.5. The second-order valence-corrected chi connectivity index (χ2v) is 5.39. The van der Waals surface area contributed by atoms with Gasteiger partial charge < -0.3 is 9.47 Å². The van der Waals surface area contributed by atoms with Crippen molar-refractivity contribution in [1.29, 1.82) is 0 Å². The molecule has 0 saturated carbocycles. The number of aromatic amines is 1. The lowest BCUT2D eigenvalue weighted by atomic mass is 10.1. The summed E-state index contributed by atoms with van der Waals surface area (Å²) in [6.45, 7) is 3.01. The van der Waals surface area contributed by atoms with Crippen LogP contribution in [-0.4, -0.2) is 42.4 Å². The average Bonchev–Trinajstić information content (AvgIpc) is 3.17. The molecule has 5 nitrogen and oxygen atoms in total. The first-order valence-corrected chi connectivity index (χ1v) is 7.23. The minimum Gasteiger partial charge on any atom is -0.493 e. The van der Waals surface area contributed by atoms with Crippen LogP contribution in [0.15, 0.2) is 30.5 Å². The smallest absolute Gasteiger partial charge is 0.165 e. The van der Waals surface area contributed by atoms with Crippen LogP contribution >= 0.6 is 0 Å². The molecule has 5 heteroatoms. The predicted molar refractivity (Wildman–Crippen MR) is 80.8 cm³/mol. The molecule has 2 aromatic rings. The van der Waals surface area contributed by atoms with Crippen LogP contribution in [0, 0.1) is 0 Å². The number of likely N-dealkylation sites (tertiary alicyclic amines) is 1. The predicted octanol–water partition coefficient (Wildman–Crippen LogP) is 2.42. The number of hydrogen-bond acceptors (Lipinski definition) is 4. The molecule has 0 radical (unpaired) electrons. The molecule has 1 unspecified atom stereocenters. The second kappa shape index (κ2) is 6.18. The Morgan fingerprint density at radius 3 is 2.90 bits per heavy atom. The number of nitrogens with one attached hydrogen (secondary N) is 1. The van der Waals surface area contributed by atoms with E-state index in [1.807, 2.05) is 18.3 Å². The number of methoxy groups -OCH3 is 2.